The Hall–Kier alpha value is -2.21. The first-order valence-electron chi connectivity index (χ1n) is 5.27. The Morgan fingerprint density at radius 2 is 1.83 bits per heavy atom. The maximum absolute atomic E-state index is 11.8. The van der Waals surface area contributed by atoms with E-state index in [2.05, 4.69) is 0 Å². The highest BCUT2D eigenvalue weighted by Crippen LogP contribution is 2.13. The second kappa shape index (κ2) is 5.42. The van der Waals surface area contributed by atoms with Gasteiger partial charge in [-0.15, -0.1) is 0 Å². The number of hydrogen-bond donors (Lipinski definition) is 2. The van der Waals surface area contributed by atoms with Gasteiger partial charge in [-0.1, -0.05) is 24.3 Å². The molecule has 0 aliphatic heterocycles. The maximum Gasteiger partial charge on any atom is 0.343 e. The van der Waals surface area contributed by atoms with E-state index in [0.717, 1.165) is 0 Å². The Labute approximate surface area is 103 Å². The van der Waals surface area contributed by atoms with Crippen LogP contribution in [0.1, 0.15) is 10.4 Å². The van der Waals surface area contributed by atoms with E-state index >= 15 is 0 Å². The molecule has 0 saturated carbocycles. The molecule has 18 heavy (non-hydrogen) atoms. The fraction of sp³-hybridized carbons (Fsp3) is 0. The molecule has 0 fully saturated rings. The van der Waals surface area contributed by atoms with E-state index in [-0.39, 0.29) is 11.3 Å². The largest absolute Gasteiger partial charge is 0.595 e. The van der Waals surface area contributed by atoms with Crippen molar-refractivity contribution in [3.63, 3.8) is 0 Å². The number of ether oxygens (including phenoxy) is 1. The standard InChI is InChI=1S/C13H11NO4/c15-13(18-12-7-2-1-3-8-12)10-5-4-6-11(9-10)14(16)17/h1-9,14,16H. The zero-order valence-corrected chi connectivity index (χ0v) is 9.37. The lowest BCUT2D eigenvalue weighted by atomic mass is 10.2. The fourth-order valence-electron chi connectivity index (χ4n) is 1.43. The summed E-state index contributed by atoms with van der Waals surface area (Å²) in [6.07, 6.45) is 0. The summed E-state index contributed by atoms with van der Waals surface area (Å²) in [5, 5.41) is 18.5. The lowest BCUT2D eigenvalue weighted by molar-refractivity contribution is -0.991. The molecule has 2 N–H and O–H groups in total. The van der Waals surface area contributed by atoms with Gasteiger partial charge in [0.2, 0.25) is 0 Å². The van der Waals surface area contributed by atoms with Crippen molar-refractivity contribution in [1.29, 1.82) is 0 Å². The van der Waals surface area contributed by atoms with E-state index in [9.17, 15) is 10.0 Å². The Bertz CT molecular complexity index is 540. The van der Waals surface area contributed by atoms with Gasteiger partial charge < -0.3 is 9.94 Å². The third-order valence-corrected chi connectivity index (χ3v) is 2.30. The van der Waals surface area contributed by atoms with E-state index in [1.54, 1.807) is 24.3 Å². The number of benzene rings is 2. The molecule has 0 radical (unpaired) electrons. The average Bonchev–Trinajstić information content (AvgIpc) is 2.40. The summed E-state index contributed by atoms with van der Waals surface area (Å²) >= 11 is 0. The molecule has 0 amide bonds. The normalized spacial score (nSPS) is 11.9. The van der Waals surface area contributed by atoms with Crippen LogP contribution in [0.4, 0.5) is 5.69 Å². The Kier molecular flexibility index (Phi) is 3.69. The van der Waals surface area contributed by atoms with Crippen LogP contribution in [0.3, 0.4) is 0 Å². The lowest BCUT2D eigenvalue weighted by Gasteiger charge is -2.12. The number of rotatable bonds is 3. The van der Waals surface area contributed by atoms with Gasteiger partial charge in [0.1, 0.15) is 5.75 Å². The van der Waals surface area contributed by atoms with Gasteiger partial charge in [0.25, 0.3) is 0 Å². The van der Waals surface area contributed by atoms with E-state index in [4.69, 9.17) is 9.94 Å². The van der Waals surface area contributed by atoms with Crippen LogP contribution in [0.5, 0.6) is 5.75 Å². The van der Waals surface area contributed by atoms with Crippen LogP contribution < -0.4 is 9.96 Å². The molecule has 2 aromatic rings. The monoisotopic (exact) mass is 245 g/mol. The van der Waals surface area contributed by atoms with Gasteiger partial charge in [0, 0.05) is 12.1 Å². The SMILES string of the molecule is O=C(Oc1ccccc1)c1cccc([NH+]([O-])O)c1. The predicted octanol–water partition coefficient (Wildman–Crippen LogP) is 1.31. The summed E-state index contributed by atoms with van der Waals surface area (Å²) in [5.74, 6) is -0.160. The van der Waals surface area contributed by atoms with Crippen LogP contribution >= 0.6 is 0 Å². The fourth-order valence-corrected chi connectivity index (χ4v) is 1.43. The van der Waals surface area contributed by atoms with Crippen molar-refractivity contribution in [2.45, 2.75) is 0 Å². The van der Waals surface area contributed by atoms with E-state index < -0.39 is 11.2 Å². The van der Waals surface area contributed by atoms with Crippen LogP contribution in [0, 0.1) is 5.21 Å². The molecule has 92 valence electrons. The first-order valence-corrected chi connectivity index (χ1v) is 5.27. The topological polar surface area (TPSA) is 74.0 Å². The minimum absolute atomic E-state index is 0.0533. The number of carbonyl (C=O) groups is 1. The van der Waals surface area contributed by atoms with Crippen molar-refractivity contribution in [2.75, 3.05) is 0 Å². The van der Waals surface area contributed by atoms with Crippen molar-refractivity contribution in [3.05, 3.63) is 65.4 Å². The molecule has 0 saturated heterocycles. The Balaban J connectivity index is 2.16. The van der Waals surface area contributed by atoms with Crippen molar-refractivity contribution >= 4 is 11.7 Å². The highest BCUT2D eigenvalue weighted by atomic mass is 16.8. The molecule has 0 heterocycles. The van der Waals surface area contributed by atoms with Crippen molar-refractivity contribution in [3.8, 4) is 5.75 Å². The number of esters is 1. The van der Waals surface area contributed by atoms with E-state index in [0.29, 0.717) is 5.75 Å². The molecule has 1 atom stereocenters. The summed E-state index contributed by atoms with van der Waals surface area (Å²) in [5.41, 5.74) is 0.260. The molecule has 0 aliphatic rings. The van der Waals surface area contributed by atoms with E-state index in [1.165, 1.54) is 24.3 Å². The first-order chi connectivity index (χ1) is 8.66. The molecule has 2 aromatic carbocycles. The summed E-state index contributed by atoms with van der Waals surface area (Å²) in [6.45, 7) is 0. The van der Waals surface area contributed by atoms with E-state index in [1.807, 2.05) is 6.07 Å². The quantitative estimate of drug-likeness (QED) is 0.485. The van der Waals surface area contributed by atoms with Crippen LogP contribution in [-0.4, -0.2) is 11.2 Å². The average molecular weight is 245 g/mol. The molecule has 5 nitrogen and oxygen atoms in total. The zero-order valence-electron chi connectivity index (χ0n) is 9.37. The lowest BCUT2D eigenvalue weighted by Crippen LogP contribution is -2.99. The van der Waals surface area contributed by atoms with Crippen LogP contribution in [0.15, 0.2) is 54.6 Å². The van der Waals surface area contributed by atoms with Crippen molar-refractivity contribution < 1.29 is 20.0 Å². The van der Waals surface area contributed by atoms with Gasteiger partial charge in [-0.3, -0.25) is 0 Å². The molecule has 0 spiro atoms. The third-order valence-electron chi connectivity index (χ3n) is 2.30. The molecular formula is C13H11NO4. The number of quaternary nitrogens is 1. The third kappa shape index (κ3) is 2.92. The minimum Gasteiger partial charge on any atom is -0.595 e. The molecule has 0 aliphatic carbocycles. The highest BCUT2D eigenvalue weighted by molar-refractivity contribution is 5.91. The Morgan fingerprint density at radius 1 is 1.11 bits per heavy atom. The molecule has 0 aromatic heterocycles. The van der Waals surface area contributed by atoms with Gasteiger partial charge in [0.15, 0.2) is 5.69 Å². The molecule has 2 rings (SSSR count). The van der Waals surface area contributed by atoms with Gasteiger partial charge in [-0.05, 0) is 18.2 Å². The van der Waals surface area contributed by atoms with Crippen LogP contribution in [0.2, 0.25) is 0 Å². The van der Waals surface area contributed by atoms with Gasteiger partial charge in [0.05, 0.1) is 5.56 Å². The molecule has 1 unspecified atom stereocenters. The second-order valence-electron chi connectivity index (χ2n) is 3.59. The molecule has 0 bridgehead atoms. The van der Waals surface area contributed by atoms with Gasteiger partial charge >= 0.3 is 5.97 Å². The molecule has 5 heteroatoms. The zero-order chi connectivity index (χ0) is 13.0. The smallest absolute Gasteiger partial charge is 0.343 e. The minimum atomic E-state index is -1.08. The van der Waals surface area contributed by atoms with Crippen LogP contribution in [0.25, 0.3) is 0 Å². The number of carbonyl (C=O) groups excluding carboxylic acids is 1. The predicted molar refractivity (Wildman–Crippen MR) is 63.6 cm³/mol. The number of nitrogens with one attached hydrogen (secondary N) is 1. The number of hydrogen-bond acceptors (Lipinski definition) is 4. The second-order valence-corrected chi connectivity index (χ2v) is 3.59. The molecular weight excluding hydrogens is 234 g/mol. The Morgan fingerprint density at radius 3 is 2.50 bits per heavy atom. The summed E-state index contributed by atoms with van der Waals surface area (Å²) in [6, 6.07) is 14.3. The van der Waals surface area contributed by atoms with Crippen molar-refractivity contribution in [1.82, 2.24) is 0 Å². The maximum atomic E-state index is 11.8. The number of para-hydroxylation sites is 1. The summed E-state index contributed by atoms with van der Waals surface area (Å²) in [7, 11) is 0. The van der Waals surface area contributed by atoms with Gasteiger partial charge in [-0.25, -0.2) is 10.0 Å². The first kappa shape index (κ1) is 12.3. The van der Waals surface area contributed by atoms with Crippen LogP contribution in [-0.2, 0) is 0 Å². The summed E-state index contributed by atoms with van der Waals surface area (Å²) < 4.78 is 5.10. The van der Waals surface area contributed by atoms with Crippen molar-refractivity contribution in [2.24, 2.45) is 0 Å². The van der Waals surface area contributed by atoms with Gasteiger partial charge in [-0.2, -0.15) is 5.23 Å². The highest BCUT2D eigenvalue weighted by Gasteiger charge is 2.11. The summed E-state index contributed by atoms with van der Waals surface area (Å²) in [4.78, 5) is 11.8.